The fourth-order valence-corrected chi connectivity index (χ4v) is 3.04. The van der Waals surface area contributed by atoms with Crippen molar-refractivity contribution in [2.75, 3.05) is 6.61 Å². The van der Waals surface area contributed by atoms with Crippen LogP contribution in [-0.4, -0.2) is 102 Å². The van der Waals surface area contributed by atoms with Gasteiger partial charge < -0.3 is 51.8 Å². The molecule has 11 N–H and O–H groups in total. The second-order valence-corrected chi connectivity index (χ2v) is 7.15. The number of carboxylic acids is 1. The standard InChI is InChI=1S/C16H22FN5O12/c17-3-1-22(16(32)21-11(3)27)13-9(26)8(25)10(34-13)6(14(29)30)20-12(28)5(18)7(24)4(23)2-33-15(19)31/h1,4-10,13,23-26H,2,18H2,(H2,19,31)(H,20,28)(H,29,30)(H,21,27,32)/t4-,5-,6?,7+,8-,9+,10+,13+/m0/s1. The number of H-pyrrole nitrogens is 1. The van der Waals surface area contributed by atoms with Gasteiger partial charge in [-0.25, -0.2) is 14.4 Å². The predicted octanol–water partition coefficient (Wildman–Crippen LogP) is -5.99. The van der Waals surface area contributed by atoms with Crippen molar-refractivity contribution in [1.82, 2.24) is 14.9 Å². The van der Waals surface area contributed by atoms with Gasteiger partial charge >= 0.3 is 17.8 Å². The van der Waals surface area contributed by atoms with Gasteiger partial charge in [-0.1, -0.05) is 0 Å². The van der Waals surface area contributed by atoms with Crippen LogP contribution in [-0.2, 0) is 19.1 Å². The second-order valence-electron chi connectivity index (χ2n) is 7.15. The van der Waals surface area contributed by atoms with E-state index in [0.717, 1.165) is 0 Å². The summed E-state index contributed by atoms with van der Waals surface area (Å²) in [6.45, 7) is -0.845. The number of nitrogens with zero attached hydrogens (tertiary/aromatic N) is 1. The summed E-state index contributed by atoms with van der Waals surface area (Å²) < 4.78 is 23.4. The van der Waals surface area contributed by atoms with Gasteiger partial charge in [-0.3, -0.25) is 19.1 Å². The number of nitrogens with two attached hydrogens (primary N) is 2. The monoisotopic (exact) mass is 495 g/mol. The number of carbonyl (C=O) groups excluding carboxylic acids is 2. The second kappa shape index (κ2) is 10.7. The fraction of sp³-hybridized carbons (Fsp3) is 0.562. The number of carbonyl (C=O) groups is 3. The van der Waals surface area contributed by atoms with Crippen molar-refractivity contribution in [2.45, 2.75) is 48.8 Å². The molecule has 0 aromatic carbocycles. The number of aliphatic hydroxyl groups is 4. The van der Waals surface area contributed by atoms with E-state index in [1.165, 1.54) is 0 Å². The lowest BCUT2D eigenvalue weighted by Gasteiger charge is -2.27. The van der Waals surface area contributed by atoms with Crippen LogP contribution in [0.1, 0.15) is 6.23 Å². The number of aromatic amines is 1. The van der Waals surface area contributed by atoms with Crippen molar-refractivity contribution >= 4 is 18.0 Å². The Hall–Kier alpha value is -3.42. The van der Waals surface area contributed by atoms with Crippen molar-refractivity contribution in [3.8, 4) is 0 Å². The molecule has 0 bridgehead atoms. The number of aromatic nitrogens is 2. The fourth-order valence-electron chi connectivity index (χ4n) is 3.04. The van der Waals surface area contributed by atoms with E-state index in [9.17, 15) is 53.9 Å². The highest BCUT2D eigenvalue weighted by Gasteiger charge is 2.50. The molecule has 190 valence electrons. The van der Waals surface area contributed by atoms with Crippen molar-refractivity contribution in [1.29, 1.82) is 0 Å². The molecule has 2 amide bonds. The summed E-state index contributed by atoms with van der Waals surface area (Å²) in [6.07, 6.45) is -12.8. The first-order valence-electron chi connectivity index (χ1n) is 9.36. The maximum atomic E-state index is 13.6. The first-order valence-corrected chi connectivity index (χ1v) is 9.36. The molecule has 2 heterocycles. The van der Waals surface area contributed by atoms with Crippen LogP contribution in [0.5, 0.6) is 0 Å². The molecule has 1 unspecified atom stereocenters. The lowest BCUT2D eigenvalue weighted by molar-refractivity contribution is -0.150. The quantitative estimate of drug-likeness (QED) is 0.154. The highest BCUT2D eigenvalue weighted by molar-refractivity contribution is 5.87. The molecule has 1 aromatic heterocycles. The molecule has 0 radical (unpaired) electrons. The summed E-state index contributed by atoms with van der Waals surface area (Å²) >= 11 is 0. The van der Waals surface area contributed by atoms with Gasteiger partial charge in [0.2, 0.25) is 11.7 Å². The summed E-state index contributed by atoms with van der Waals surface area (Å²) in [4.78, 5) is 59.3. The van der Waals surface area contributed by atoms with Crippen molar-refractivity contribution < 1.29 is 53.8 Å². The highest BCUT2D eigenvalue weighted by atomic mass is 19.1. The third kappa shape index (κ3) is 5.73. The molecule has 34 heavy (non-hydrogen) atoms. The minimum atomic E-state index is -2.14. The van der Waals surface area contributed by atoms with Crippen molar-refractivity contribution in [3.05, 3.63) is 32.9 Å². The van der Waals surface area contributed by atoms with E-state index in [4.69, 9.17) is 16.2 Å². The Kier molecular flexibility index (Phi) is 8.42. The van der Waals surface area contributed by atoms with Gasteiger partial charge in [0.25, 0.3) is 5.56 Å². The van der Waals surface area contributed by atoms with Crippen LogP contribution in [0.2, 0.25) is 0 Å². The normalized spacial score (nSPS) is 25.7. The summed E-state index contributed by atoms with van der Waals surface area (Å²) in [5.74, 6) is -4.64. The maximum absolute atomic E-state index is 13.6. The van der Waals surface area contributed by atoms with Gasteiger partial charge in [-0.15, -0.1) is 0 Å². The summed E-state index contributed by atoms with van der Waals surface area (Å²) in [6, 6.07) is -4.12. The minimum Gasteiger partial charge on any atom is -0.480 e. The van der Waals surface area contributed by atoms with Gasteiger partial charge in [0.1, 0.15) is 43.2 Å². The Bertz CT molecular complexity index is 1050. The van der Waals surface area contributed by atoms with E-state index in [1.54, 1.807) is 4.98 Å². The number of hydrogen-bond donors (Lipinski definition) is 9. The number of amides is 2. The molecular formula is C16H22FN5O12. The first-order chi connectivity index (χ1) is 15.8. The topological polar surface area (TPSA) is 290 Å². The lowest BCUT2D eigenvalue weighted by atomic mass is 10.0. The molecule has 0 spiro atoms. The van der Waals surface area contributed by atoms with Gasteiger partial charge in [-0.05, 0) is 0 Å². The van der Waals surface area contributed by atoms with Gasteiger partial charge in [0.15, 0.2) is 12.3 Å². The van der Waals surface area contributed by atoms with Gasteiger partial charge in [-0.2, -0.15) is 4.39 Å². The van der Waals surface area contributed by atoms with Gasteiger partial charge in [0.05, 0.1) is 6.20 Å². The Balaban J connectivity index is 2.20. The van der Waals surface area contributed by atoms with E-state index >= 15 is 0 Å². The number of nitrogens with one attached hydrogen (secondary N) is 2. The molecule has 2 rings (SSSR count). The zero-order valence-electron chi connectivity index (χ0n) is 17.0. The van der Waals surface area contributed by atoms with Crippen LogP contribution < -0.4 is 28.0 Å². The van der Waals surface area contributed by atoms with Crippen molar-refractivity contribution in [3.63, 3.8) is 0 Å². The molecule has 1 aliphatic rings. The van der Waals surface area contributed by atoms with Crippen LogP contribution in [0, 0.1) is 5.82 Å². The summed E-state index contributed by atoms with van der Waals surface area (Å²) in [5.41, 5.74) is 7.56. The van der Waals surface area contributed by atoms with Crippen LogP contribution in [0.3, 0.4) is 0 Å². The number of aliphatic hydroxyl groups excluding tert-OH is 4. The third-order valence-electron chi connectivity index (χ3n) is 4.83. The minimum absolute atomic E-state index is 0.357. The molecular weight excluding hydrogens is 473 g/mol. The predicted molar refractivity (Wildman–Crippen MR) is 102 cm³/mol. The molecule has 0 aliphatic carbocycles. The Labute approximate surface area is 187 Å². The zero-order valence-corrected chi connectivity index (χ0v) is 17.0. The average molecular weight is 495 g/mol. The molecule has 8 atom stereocenters. The van der Waals surface area contributed by atoms with E-state index in [-0.39, 0.29) is 0 Å². The molecule has 18 heteroatoms. The molecule has 1 aromatic rings. The smallest absolute Gasteiger partial charge is 0.404 e. The molecule has 1 fully saturated rings. The van der Waals surface area contributed by atoms with E-state index in [2.05, 4.69) is 4.74 Å². The van der Waals surface area contributed by atoms with E-state index in [1.807, 2.05) is 5.32 Å². The van der Waals surface area contributed by atoms with Crippen LogP contribution >= 0.6 is 0 Å². The number of primary amides is 1. The maximum Gasteiger partial charge on any atom is 0.404 e. The summed E-state index contributed by atoms with van der Waals surface area (Å²) in [5, 5.41) is 51.4. The lowest BCUT2D eigenvalue weighted by Crippen LogP contribution is -2.60. The van der Waals surface area contributed by atoms with Gasteiger partial charge in [0, 0.05) is 0 Å². The number of ether oxygens (including phenoxy) is 2. The van der Waals surface area contributed by atoms with Crippen molar-refractivity contribution in [2.24, 2.45) is 11.5 Å². The molecule has 17 nitrogen and oxygen atoms in total. The average Bonchev–Trinajstić information content (AvgIpc) is 3.05. The number of carboxylic acid groups (broad SMARTS) is 1. The Morgan fingerprint density at radius 3 is 2.44 bits per heavy atom. The number of aliphatic carboxylic acids is 1. The van der Waals surface area contributed by atoms with E-state index in [0.29, 0.717) is 10.8 Å². The number of rotatable bonds is 9. The Morgan fingerprint density at radius 1 is 1.26 bits per heavy atom. The molecule has 0 saturated carbocycles. The number of hydrogen-bond acceptors (Lipinski definition) is 12. The van der Waals surface area contributed by atoms with Crippen LogP contribution in [0.15, 0.2) is 15.8 Å². The Morgan fingerprint density at radius 2 is 1.88 bits per heavy atom. The highest BCUT2D eigenvalue weighted by Crippen LogP contribution is 2.30. The first kappa shape index (κ1) is 26.8. The SMILES string of the molecule is NC(=O)OC[C@H](O)[C@@H](O)[C@H](N)C(=O)NC(C(=O)O)[C@H]1O[C@@H](n2cc(F)c(=O)[nH]c2=O)[C@H](O)[C@@H]1O. The third-order valence-corrected chi connectivity index (χ3v) is 4.83. The zero-order chi connectivity index (χ0) is 25.9. The summed E-state index contributed by atoms with van der Waals surface area (Å²) in [7, 11) is 0. The molecule has 1 saturated heterocycles. The largest absolute Gasteiger partial charge is 0.480 e. The molecule has 1 aliphatic heterocycles. The van der Waals surface area contributed by atoms with Crippen LogP contribution in [0.4, 0.5) is 9.18 Å². The van der Waals surface area contributed by atoms with E-state index < -0.39 is 90.5 Å². The van der Waals surface area contributed by atoms with Crippen LogP contribution in [0.25, 0.3) is 0 Å². The number of halogens is 1.